The van der Waals surface area contributed by atoms with Crippen molar-refractivity contribution in [1.82, 2.24) is 15.1 Å². The Morgan fingerprint density at radius 3 is 2.64 bits per heavy atom. The number of halogens is 1. The Morgan fingerprint density at radius 2 is 2.05 bits per heavy atom. The number of aromatic nitrogens is 2. The number of nitrogens with two attached hydrogens (primary N) is 1. The maximum Gasteiger partial charge on any atom is 0.221 e. The third-order valence-electron chi connectivity index (χ3n) is 2.96. The quantitative estimate of drug-likeness (QED) is 0.846. The minimum atomic E-state index is -0.137. The Labute approximate surface area is 136 Å². The van der Waals surface area contributed by atoms with Gasteiger partial charge in [0.1, 0.15) is 5.75 Å². The molecule has 1 heterocycles. The van der Waals surface area contributed by atoms with Crippen LogP contribution >= 0.6 is 12.4 Å². The maximum atomic E-state index is 11.5. The van der Waals surface area contributed by atoms with Crippen LogP contribution in [0, 0.1) is 0 Å². The summed E-state index contributed by atoms with van der Waals surface area (Å²) in [4.78, 5) is 11.5. The SMILES string of the molecule is COc1ccc(-n2ccc(CNC(=O)CC(C)N)n2)cc1.Cl. The van der Waals surface area contributed by atoms with E-state index in [-0.39, 0.29) is 24.4 Å². The van der Waals surface area contributed by atoms with Gasteiger partial charge in [0.25, 0.3) is 0 Å². The molecule has 6 nitrogen and oxygen atoms in total. The molecule has 0 saturated carbocycles. The highest BCUT2D eigenvalue weighted by Gasteiger charge is 2.06. The van der Waals surface area contributed by atoms with Crippen LogP contribution in [0.15, 0.2) is 36.5 Å². The summed E-state index contributed by atoms with van der Waals surface area (Å²) in [6.07, 6.45) is 2.17. The van der Waals surface area contributed by atoms with E-state index in [0.29, 0.717) is 13.0 Å². The predicted octanol–water partition coefficient (Wildman–Crippen LogP) is 1.66. The summed E-state index contributed by atoms with van der Waals surface area (Å²) in [5.41, 5.74) is 7.30. The van der Waals surface area contributed by atoms with Gasteiger partial charge in [0.05, 0.1) is 25.0 Å². The Kier molecular flexibility index (Phi) is 6.88. The van der Waals surface area contributed by atoms with Gasteiger partial charge in [-0.1, -0.05) is 0 Å². The molecule has 1 aromatic heterocycles. The number of nitrogens with one attached hydrogen (secondary N) is 1. The Hall–Kier alpha value is -2.05. The highest BCUT2D eigenvalue weighted by molar-refractivity contribution is 5.85. The fourth-order valence-electron chi connectivity index (χ4n) is 1.89. The lowest BCUT2D eigenvalue weighted by molar-refractivity contribution is -0.121. The number of methoxy groups -OCH3 is 1. The summed E-state index contributed by atoms with van der Waals surface area (Å²) in [7, 11) is 1.63. The van der Waals surface area contributed by atoms with Crippen molar-refractivity contribution in [3.8, 4) is 11.4 Å². The van der Waals surface area contributed by atoms with Crippen LogP contribution in [0.1, 0.15) is 19.0 Å². The second kappa shape index (κ2) is 8.41. The Bertz CT molecular complexity index is 596. The fourth-order valence-corrected chi connectivity index (χ4v) is 1.89. The van der Waals surface area contributed by atoms with E-state index in [1.165, 1.54) is 0 Å². The molecule has 2 aromatic rings. The van der Waals surface area contributed by atoms with E-state index in [1.54, 1.807) is 18.7 Å². The lowest BCUT2D eigenvalue weighted by atomic mass is 10.2. The molecular weight excluding hydrogens is 304 g/mol. The Balaban J connectivity index is 0.00000242. The minimum absolute atomic E-state index is 0. The zero-order valence-corrected chi connectivity index (χ0v) is 13.5. The van der Waals surface area contributed by atoms with Crippen LogP contribution in [0.25, 0.3) is 5.69 Å². The molecule has 2 rings (SSSR count). The zero-order valence-electron chi connectivity index (χ0n) is 12.7. The normalized spacial score (nSPS) is 11.4. The summed E-state index contributed by atoms with van der Waals surface area (Å²) in [5, 5.41) is 7.22. The van der Waals surface area contributed by atoms with E-state index in [2.05, 4.69) is 10.4 Å². The molecule has 1 aromatic carbocycles. The highest BCUT2D eigenvalue weighted by atomic mass is 35.5. The lowest BCUT2D eigenvalue weighted by Gasteiger charge is -2.06. The highest BCUT2D eigenvalue weighted by Crippen LogP contribution is 2.14. The average molecular weight is 325 g/mol. The number of amides is 1. The second-order valence-electron chi connectivity index (χ2n) is 4.91. The van der Waals surface area contributed by atoms with Crippen molar-refractivity contribution in [2.75, 3.05) is 7.11 Å². The molecule has 0 aliphatic carbocycles. The molecule has 0 radical (unpaired) electrons. The van der Waals surface area contributed by atoms with Crippen molar-refractivity contribution in [2.24, 2.45) is 5.73 Å². The lowest BCUT2D eigenvalue weighted by Crippen LogP contribution is -2.29. The van der Waals surface area contributed by atoms with Gasteiger partial charge in [0.2, 0.25) is 5.91 Å². The standard InChI is InChI=1S/C15H20N4O2.ClH/c1-11(16)9-15(20)17-10-12-7-8-19(18-12)13-3-5-14(21-2)6-4-13;/h3-8,11H,9-10,16H2,1-2H3,(H,17,20);1H. The van der Waals surface area contributed by atoms with Crippen molar-refractivity contribution in [1.29, 1.82) is 0 Å². The molecule has 120 valence electrons. The van der Waals surface area contributed by atoms with Gasteiger partial charge in [0, 0.05) is 18.7 Å². The topological polar surface area (TPSA) is 82.2 Å². The zero-order chi connectivity index (χ0) is 15.2. The van der Waals surface area contributed by atoms with E-state index in [1.807, 2.05) is 36.5 Å². The van der Waals surface area contributed by atoms with Gasteiger partial charge >= 0.3 is 0 Å². The van der Waals surface area contributed by atoms with Gasteiger partial charge in [-0.15, -0.1) is 12.4 Å². The summed E-state index contributed by atoms with van der Waals surface area (Å²) in [5.74, 6) is 0.735. The van der Waals surface area contributed by atoms with Crippen molar-refractivity contribution >= 4 is 18.3 Å². The largest absolute Gasteiger partial charge is 0.497 e. The van der Waals surface area contributed by atoms with Crippen LogP contribution in [0.2, 0.25) is 0 Å². The first-order valence-corrected chi connectivity index (χ1v) is 6.79. The molecule has 0 fully saturated rings. The first-order chi connectivity index (χ1) is 10.1. The molecule has 1 atom stereocenters. The summed E-state index contributed by atoms with van der Waals surface area (Å²) in [6, 6.07) is 9.33. The predicted molar refractivity (Wildman–Crippen MR) is 87.5 cm³/mol. The van der Waals surface area contributed by atoms with Gasteiger partial charge in [-0.05, 0) is 37.3 Å². The molecule has 7 heteroatoms. The molecule has 3 N–H and O–H groups in total. The van der Waals surface area contributed by atoms with Crippen molar-refractivity contribution < 1.29 is 9.53 Å². The van der Waals surface area contributed by atoms with Gasteiger partial charge in [-0.3, -0.25) is 4.79 Å². The minimum Gasteiger partial charge on any atom is -0.497 e. The first-order valence-electron chi connectivity index (χ1n) is 6.79. The third kappa shape index (κ3) is 5.05. The molecule has 0 aliphatic rings. The number of ether oxygens (including phenoxy) is 1. The molecule has 1 amide bonds. The number of nitrogens with zero attached hydrogens (tertiary/aromatic N) is 2. The third-order valence-corrected chi connectivity index (χ3v) is 2.96. The van der Waals surface area contributed by atoms with E-state index in [4.69, 9.17) is 10.5 Å². The van der Waals surface area contributed by atoms with Gasteiger partial charge in [0.15, 0.2) is 0 Å². The van der Waals surface area contributed by atoms with Crippen LogP contribution in [0.5, 0.6) is 5.75 Å². The number of rotatable bonds is 6. The van der Waals surface area contributed by atoms with Crippen LogP contribution in [-0.4, -0.2) is 28.8 Å². The molecule has 22 heavy (non-hydrogen) atoms. The summed E-state index contributed by atoms with van der Waals surface area (Å²) >= 11 is 0. The van der Waals surface area contributed by atoms with Crippen LogP contribution in [0.4, 0.5) is 0 Å². The van der Waals surface area contributed by atoms with Gasteiger partial charge < -0.3 is 15.8 Å². The van der Waals surface area contributed by atoms with Crippen LogP contribution < -0.4 is 15.8 Å². The summed E-state index contributed by atoms with van der Waals surface area (Å²) in [6.45, 7) is 2.20. The van der Waals surface area contributed by atoms with Crippen molar-refractivity contribution in [3.05, 3.63) is 42.2 Å². The fraction of sp³-hybridized carbons (Fsp3) is 0.333. The van der Waals surface area contributed by atoms with Crippen LogP contribution in [0.3, 0.4) is 0 Å². The first kappa shape index (κ1) is 18.0. The van der Waals surface area contributed by atoms with Crippen molar-refractivity contribution in [2.45, 2.75) is 25.9 Å². The van der Waals surface area contributed by atoms with Crippen molar-refractivity contribution in [3.63, 3.8) is 0 Å². The average Bonchev–Trinajstić information content (AvgIpc) is 2.93. The second-order valence-corrected chi connectivity index (χ2v) is 4.91. The molecule has 1 unspecified atom stereocenters. The maximum absolute atomic E-state index is 11.5. The number of hydrogen-bond donors (Lipinski definition) is 2. The summed E-state index contributed by atoms with van der Waals surface area (Å²) < 4.78 is 6.88. The number of hydrogen-bond acceptors (Lipinski definition) is 4. The van der Waals surface area contributed by atoms with E-state index < -0.39 is 0 Å². The van der Waals surface area contributed by atoms with Gasteiger partial charge in [-0.25, -0.2) is 4.68 Å². The molecule has 0 spiro atoms. The van der Waals surface area contributed by atoms with Crippen LogP contribution in [-0.2, 0) is 11.3 Å². The smallest absolute Gasteiger partial charge is 0.221 e. The molecule has 0 aliphatic heterocycles. The molecular formula is C15H21ClN4O2. The monoisotopic (exact) mass is 324 g/mol. The van der Waals surface area contributed by atoms with E-state index in [0.717, 1.165) is 17.1 Å². The van der Waals surface area contributed by atoms with E-state index in [9.17, 15) is 4.79 Å². The number of benzene rings is 1. The molecule has 0 bridgehead atoms. The van der Waals surface area contributed by atoms with Gasteiger partial charge in [-0.2, -0.15) is 5.10 Å². The molecule has 0 saturated heterocycles. The van der Waals surface area contributed by atoms with E-state index >= 15 is 0 Å². The number of carbonyl (C=O) groups excluding carboxylic acids is 1. The Morgan fingerprint density at radius 1 is 1.36 bits per heavy atom. The number of carbonyl (C=O) groups is 1.